The van der Waals surface area contributed by atoms with Crippen molar-refractivity contribution in [1.29, 1.82) is 0 Å². The minimum atomic E-state index is 0.359. The van der Waals surface area contributed by atoms with Gasteiger partial charge in [0, 0.05) is 32.1 Å². The lowest BCUT2D eigenvalue weighted by Crippen LogP contribution is -2.42. The Morgan fingerprint density at radius 2 is 2.00 bits per heavy atom. The fourth-order valence-corrected chi connectivity index (χ4v) is 3.15. The molecule has 1 N–H and O–H groups in total. The molecule has 18 heavy (non-hydrogen) atoms. The topological polar surface area (TPSA) is 35.6 Å². The molecule has 0 bridgehead atoms. The highest BCUT2D eigenvalue weighted by atomic mass is 16.2. The molecule has 2 heterocycles. The van der Waals surface area contributed by atoms with E-state index in [1.807, 2.05) is 0 Å². The van der Waals surface area contributed by atoms with E-state index in [1.165, 1.54) is 25.7 Å². The van der Waals surface area contributed by atoms with Crippen molar-refractivity contribution < 1.29 is 4.79 Å². The van der Waals surface area contributed by atoms with Crippen molar-refractivity contribution in [2.45, 2.75) is 38.1 Å². The number of piperidine rings is 1. The lowest BCUT2D eigenvalue weighted by Gasteiger charge is -2.33. The molecule has 2 aliphatic rings. The minimum Gasteiger partial charge on any atom is -0.343 e. The van der Waals surface area contributed by atoms with Crippen molar-refractivity contribution in [3.8, 4) is 0 Å². The van der Waals surface area contributed by atoms with Gasteiger partial charge in [-0.25, -0.2) is 0 Å². The normalized spacial score (nSPS) is 25.9. The largest absolute Gasteiger partial charge is 0.343 e. The van der Waals surface area contributed by atoms with Gasteiger partial charge in [0.2, 0.25) is 5.91 Å². The molecular weight excluding hydrogens is 226 g/mol. The van der Waals surface area contributed by atoms with Gasteiger partial charge >= 0.3 is 0 Å². The molecule has 4 nitrogen and oxygen atoms in total. The third-order valence-corrected chi connectivity index (χ3v) is 4.17. The van der Waals surface area contributed by atoms with Gasteiger partial charge in [-0.15, -0.1) is 0 Å². The summed E-state index contributed by atoms with van der Waals surface area (Å²) < 4.78 is 0. The highest BCUT2D eigenvalue weighted by molar-refractivity contribution is 5.77. The lowest BCUT2D eigenvalue weighted by atomic mass is 9.96. The van der Waals surface area contributed by atoms with Crippen molar-refractivity contribution in [2.24, 2.45) is 5.92 Å². The Morgan fingerprint density at radius 3 is 2.56 bits per heavy atom. The molecule has 0 aliphatic carbocycles. The van der Waals surface area contributed by atoms with Crippen LogP contribution in [0.3, 0.4) is 0 Å². The van der Waals surface area contributed by atoms with Gasteiger partial charge in [0.15, 0.2) is 0 Å². The van der Waals surface area contributed by atoms with E-state index in [2.05, 4.69) is 29.2 Å². The molecular formula is C14H27N3O. The Bertz CT molecular complexity index is 266. The van der Waals surface area contributed by atoms with Gasteiger partial charge in [-0.2, -0.15) is 0 Å². The van der Waals surface area contributed by atoms with E-state index < -0.39 is 0 Å². The Morgan fingerprint density at radius 1 is 1.28 bits per heavy atom. The molecule has 0 saturated carbocycles. The third kappa shape index (κ3) is 3.95. The summed E-state index contributed by atoms with van der Waals surface area (Å²) in [4.78, 5) is 16.5. The SMILES string of the molecule is CN(C)CC1CCN(C(=O)CC2CCCN2)CC1. The average molecular weight is 253 g/mol. The third-order valence-electron chi connectivity index (χ3n) is 4.17. The van der Waals surface area contributed by atoms with E-state index in [0.717, 1.165) is 32.1 Å². The molecule has 0 aromatic carbocycles. The maximum absolute atomic E-state index is 12.2. The van der Waals surface area contributed by atoms with Crippen LogP contribution in [0.1, 0.15) is 32.1 Å². The summed E-state index contributed by atoms with van der Waals surface area (Å²) in [5.41, 5.74) is 0. The van der Waals surface area contributed by atoms with Crippen molar-refractivity contribution in [3.63, 3.8) is 0 Å². The summed E-state index contributed by atoms with van der Waals surface area (Å²) in [7, 11) is 4.26. The van der Waals surface area contributed by atoms with E-state index >= 15 is 0 Å². The first-order chi connectivity index (χ1) is 8.65. The maximum atomic E-state index is 12.2. The van der Waals surface area contributed by atoms with Gasteiger partial charge in [0.05, 0.1) is 0 Å². The van der Waals surface area contributed by atoms with Crippen LogP contribution >= 0.6 is 0 Å². The van der Waals surface area contributed by atoms with E-state index in [1.54, 1.807) is 0 Å². The Balaban J connectivity index is 1.70. The van der Waals surface area contributed by atoms with Crippen molar-refractivity contribution >= 4 is 5.91 Å². The van der Waals surface area contributed by atoms with Gasteiger partial charge in [-0.05, 0) is 52.2 Å². The molecule has 1 amide bonds. The second-order valence-electron chi connectivity index (χ2n) is 6.08. The van der Waals surface area contributed by atoms with Gasteiger partial charge < -0.3 is 15.1 Å². The second kappa shape index (κ2) is 6.53. The Kier molecular flexibility index (Phi) is 5.01. The van der Waals surface area contributed by atoms with Crippen LogP contribution in [0.4, 0.5) is 0 Å². The predicted molar refractivity (Wildman–Crippen MR) is 73.5 cm³/mol. The number of carbonyl (C=O) groups excluding carboxylic acids is 1. The molecule has 2 rings (SSSR count). The molecule has 0 aromatic heterocycles. The van der Waals surface area contributed by atoms with Gasteiger partial charge in [0.1, 0.15) is 0 Å². The number of amides is 1. The van der Waals surface area contributed by atoms with Crippen LogP contribution in [0, 0.1) is 5.92 Å². The highest BCUT2D eigenvalue weighted by Gasteiger charge is 2.25. The minimum absolute atomic E-state index is 0.359. The molecule has 1 unspecified atom stereocenters. The standard InChI is InChI=1S/C14H27N3O/c1-16(2)11-12-5-8-17(9-6-12)14(18)10-13-4-3-7-15-13/h12-13,15H,3-11H2,1-2H3. The molecule has 0 aromatic rings. The molecule has 1 atom stereocenters. The van der Waals surface area contributed by atoms with Gasteiger partial charge in [-0.3, -0.25) is 4.79 Å². The number of nitrogens with zero attached hydrogens (tertiary/aromatic N) is 2. The summed E-state index contributed by atoms with van der Waals surface area (Å²) in [6, 6.07) is 0.442. The molecule has 104 valence electrons. The van der Waals surface area contributed by atoms with Crippen LogP contribution < -0.4 is 5.32 Å². The number of hydrogen-bond acceptors (Lipinski definition) is 3. The first-order valence-corrected chi connectivity index (χ1v) is 7.31. The van der Waals surface area contributed by atoms with E-state index in [0.29, 0.717) is 18.4 Å². The summed E-state index contributed by atoms with van der Waals surface area (Å²) in [5, 5.41) is 3.41. The number of rotatable bonds is 4. The first kappa shape index (κ1) is 13.8. The highest BCUT2D eigenvalue weighted by Crippen LogP contribution is 2.19. The fraction of sp³-hybridized carbons (Fsp3) is 0.929. The van der Waals surface area contributed by atoms with Crippen LogP contribution in [-0.4, -0.2) is 62.0 Å². The molecule has 2 fully saturated rings. The zero-order valence-electron chi connectivity index (χ0n) is 11.8. The quantitative estimate of drug-likeness (QED) is 0.809. The van der Waals surface area contributed by atoms with Crippen LogP contribution in [0.25, 0.3) is 0 Å². The number of nitrogens with one attached hydrogen (secondary N) is 1. The summed E-state index contributed by atoms with van der Waals surface area (Å²) >= 11 is 0. The van der Waals surface area contributed by atoms with Crippen LogP contribution in [0.15, 0.2) is 0 Å². The molecule has 4 heteroatoms. The predicted octanol–water partition coefficient (Wildman–Crippen LogP) is 0.929. The number of carbonyl (C=O) groups is 1. The fourth-order valence-electron chi connectivity index (χ4n) is 3.15. The lowest BCUT2D eigenvalue weighted by molar-refractivity contribution is -0.133. The first-order valence-electron chi connectivity index (χ1n) is 7.31. The summed E-state index contributed by atoms with van der Waals surface area (Å²) in [6.07, 6.45) is 5.44. The van der Waals surface area contributed by atoms with Crippen LogP contribution in [0.5, 0.6) is 0 Å². The van der Waals surface area contributed by atoms with Crippen molar-refractivity contribution in [1.82, 2.24) is 15.1 Å². The second-order valence-corrected chi connectivity index (χ2v) is 6.08. The summed E-state index contributed by atoms with van der Waals surface area (Å²) in [5.74, 6) is 1.13. The monoisotopic (exact) mass is 253 g/mol. The van der Waals surface area contributed by atoms with Gasteiger partial charge in [0.25, 0.3) is 0 Å². The van der Waals surface area contributed by atoms with Crippen molar-refractivity contribution in [2.75, 3.05) is 40.3 Å². The molecule has 0 spiro atoms. The zero-order valence-corrected chi connectivity index (χ0v) is 11.8. The number of likely N-dealkylation sites (tertiary alicyclic amines) is 1. The van der Waals surface area contributed by atoms with Crippen molar-refractivity contribution in [3.05, 3.63) is 0 Å². The Hall–Kier alpha value is -0.610. The van der Waals surface area contributed by atoms with Crippen LogP contribution in [0.2, 0.25) is 0 Å². The Labute approximate surface area is 111 Å². The zero-order chi connectivity index (χ0) is 13.0. The number of hydrogen-bond donors (Lipinski definition) is 1. The maximum Gasteiger partial charge on any atom is 0.224 e. The smallest absolute Gasteiger partial charge is 0.224 e. The summed E-state index contributed by atoms with van der Waals surface area (Å²) in [6.45, 7) is 4.17. The van der Waals surface area contributed by atoms with Crippen LogP contribution in [-0.2, 0) is 4.79 Å². The van der Waals surface area contributed by atoms with E-state index in [4.69, 9.17) is 0 Å². The van der Waals surface area contributed by atoms with E-state index in [9.17, 15) is 4.79 Å². The molecule has 2 aliphatic heterocycles. The average Bonchev–Trinajstić information content (AvgIpc) is 2.82. The van der Waals surface area contributed by atoms with E-state index in [-0.39, 0.29) is 0 Å². The van der Waals surface area contributed by atoms with Gasteiger partial charge in [-0.1, -0.05) is 0 Å². The molecule has 0 radical (unpaired) electrons. The molecule has 2 saturated heterocycles.